The molecular weight excluding hydrogens is 228 g/mol. The van der Waals surface area contributed by atoms with Crippen LogP contribution in [-0.2, 0) is 0 Å². The molecule has 0 unspecified atom stereocenters. The third kappa shape index (κ3) is 3.18. The van der Waals surface area contributed by atoms with E-state index >= 15 is 0 Å². The fourth-order valence-electron chi connectivity index (χ4n) is 1.42. The second-order valence-electron chi connectivity index (χ2n) is 3.66. The molecule has 4 heteroatoms. The molecule has 0 fully saturated rings. The van der Waals surface area contributed by atoms with Gasteiger partial charge in [0.05, 0.1) is 6.21 Å². The van der Waals surface area contributed by atoms with Gasteiger partial charge in [-0.3, -0.25) is 4.79 Å². The monoisotopic (exact) mass is 240 g/mol. The summed E-state index contributed by atoms with van der Waals surface area (Å²) >= 11 is 0. The first-order valence-corrected chi connectivity index (χ1v) is 5.43. The summed E-state index contributed by atoms with van der Waals surface area (Å²) in [5.41, 5.74) is 3.67. The van der Waals surface area contributed by atoms with Gasteiger partial charge in [0.15, 0.2) is 0 Å². The highest BCUT2D eigenvalue weighted by atomic mass is 16.3. The Balaban J connectivity index is 1.98. The zero-order chi connectivity index (χ0) is 12.8. The number of hydrazone groups is 1. The van der Waals surface area contributed by atoms with Crippen molar-refractivity contribution in [1.82, 2.24) is 5.43 Å². The van der Waals surface area contributed by atoms with Crippen molar-refractivity contribution < 1.29 is 9.90 Å². The molecular formula is C14H12N2O2. The van der Waals surface area contributed by atoms with E-state index in [1.54, 1.807) is 48.5 Å². The van der Waals surface area contributed by atoms with Gasteiger partial charge in [-0.1, -0.05) is 30.3 Å². The Hall–Kier alpha value is -2.62. The van der Waals surface area contributed by atoms with Gasteiger partial charge in [0.2, 0.25) is 0 Å². The van der Waals surface area contributed by atoms with Crippen molar-refractivity contribution >= 4 is 12.1 Å². The van der Waals surface area contributed by atoms with E-state index in [0.29, 0.717) is 11.1 Å². The summed E-state index contributed by atoms with van der Waals surface area (Å²) < 4.78 is 0. The van der Waals surface area contributed by atoms with Crippen LogP contribution in [0.1, 0.15) is 15.9 Å². The van der Waals surface area contributed by atoms with Crippen molar-refractivity contribution in [2.75, 3.05) is 0 Å². The van der Waals surface area contributed by atoms with E-state index < -0.39 is 0 Å². The summed E-state index contributed by atoms with van der Waals surface area (Å²) in [6, 6.07) is 15.4. The van der Waals surface area contributed by atoms with Crippen molar-refractivity contribution in [2.45, 2.75) is 0 Å². The van der Waals surface area contributed by atoms with Crippen LogP contribution >= 0.6 is 0 Å². The maximum atomic E-state index is 11.6. The molecule has 0 aliphatic carbocycles. The molecule has 0 aromatic heterocycles. The Morgan fingerprint density at radius 2 is 1.89 bits per heavy atom. The van der Waals surface area contributed by atoms with Crippen LogP contribution in [0, 0.1) is 0 Å². The topological polar surface area (TPSA) is 61.7 Å². The molecule has 0 atom stereocenters. The number of benzene rings is 2. The van der Waals surface area contributed by atoms with E-state index in [2.05, 4.69) is 10.5 Å². The highest BCUT2D eigenvalue weighted by molar-refractivity contribution is 5.94. The summed E-state index contributed by atoms with van der Waals surface area (Å²) in [6.45, 7) is 0. The number of nitrogens with zero attached hydrogens (tertiary/aromatic N) is 1. The zero-order valence-corrected chi connectivity index (χ0v) is 9.58. The lowest BCUT2D eigenvalue weighted by molar-refractivity contribution is 0.0955. The van der Waals surface area contributed by atoms with Crippen LogP contribution in [0.2, 0.25) is 0 Å². The number of phenols is 1. The first-order chi connectivity index (χ1) is 8.75. The first-order valence-electron chi connectivity index (χ1n) is 5.43. The number of carbonyl (C=O) groups is 1. The van der Waals surface area contributed by atoms with E-state index in [9.17, 15) is 9.90 Å². The Bertz CT molecular complexity index is 565. The number of aromatic hydroxyl groups is 1. The molecule has 2 rings (SSSR count). The van der Waals surface area contributed by atoms with Crippen LogP contribution in [0.3, 0.4) is 0 Å². The summed E-state index contributed by atoms with van der Waals surface area (Å²) in [5.74, 6) is -0.111. The molecule has 0 saturated heterocycles. The molecule has 0 spiro atoms. The molecule has 1 amide bonds. The normalized spacial score (nSPS) is 10.4. The van der Waals surface area contributed by atoms with Gasteiger partial charge in [-0.05, 0) is 29.8 Å². The standard InChI is InChI=1S/C14H12N2O2/c17-13-8-4-5-11(9-13)10-15-16-14(18)12-6-2-1-3-7-12/h1-10,17H,(H,16,18)/b15-10+. The summed E-state index contributed by atoms with van der Waals surface area (Å²) in [7, 11) is 0. The van der Waals surface area contributed by atoms with E-state index in [-0.39, 0.29) is 11.7 Å². The van der Waals surface area contributed by atoms with Gasteiger partial charge in [-0.25, -0.2) is 5.43 Å². The number of hydrogen-bond donors (Lipinski definition) is 2. The minimum Gasteiger partial charge on any atom is -0.508 e. The predicted molar refractivity (Wildman–Crippen MR) is 69.6 cm³/mol. The molecule has 2 N–H and O–H groups in total. The maximum Gasteiger partial charge on any atom is 0.271 e. The molecule has 2 aromatic rings. The minimum atomic E-state index is -0.271. The number of rotatable bonds is 3. The van der Waals surface area contributed by atoms with Crippen LogP contribution in [0.25, 0.3) is 0 Å². The van der Waals surface area contributed by atoms with Gasteiger partial charge in [0.25, 0.3) is 5.91 Å². The van der Waals surface area contributed by atoms with Crippen molar-refractivity contribution in [2.24, 2.45) is 5.10 Å². The fraction of sp³-hybridized carbons (Fsp3) is 0. The zero-order valence-electron chi connectivity index (χ0n) is 9.58. The van der Waals surface area contributed by atoms with Gasteiger partial charge in [0, 0.05) is 5.56 Å². The molecule has 0 aliphatic rings. The molecule has 4 nitrogen and oxygen atoms in total. The van der Waals surface area contributed by atoms with E-state index in [1.807, 2.05) is 6.07 Å². The summed E-state index contributed by atoms with van der Waals surface area (Å²) in [6.07, 6.45) is 1.47. The number of carbonyl (C=O) groups excluding carboxylic acids is 1. The molecule has 0 radical (unpaired) electrons. The minimum absolute atomic E-state index is 0.160. The molecule has 18 heavy (non-hydrogen) atoms. The molecule has 90 valence electrons. The molecule has 0 heterocycles. The van der Waals surface area contributed by atoms with E-state index in [4.69, 9.17) is 0 Å². The summed E-state index contributed by atoms with van der Waals surface area (Å²) in [4.78, 5) is 11.6. The van der Waals surface area contributed by atoms with Gasteiger partial charge < -0.3 is 5.11 Å². The Labute approximate surface area is 105 Å². The maximum absolute atomic E-state index is 11.6. The second kappa shape index (κ2) is 5.63. The average molecular weight is 240 g/mol. The van der Waals surface area contributed by atoms with Crippen LogP contribution < -0.4 is 5.43 Å². The largest absolute Gasteiger partial charge is 0.508 e. The lowest BCUT2D eigenvalue weighted by atomic mass is 10.2. The second-order valence-corrected chi connectivity index (χ2v) is 3.66. The molecule has 2 aromatic carbocycles. The summed E-state index contributed by atoms with van der Waals surface area (Å²) in [5, 5.41) is 13.1. The van der Waals surface area contributed by atoms with Crippen molar-refractivity contribution in [1.29, 1.82) is 0 Å². The predicted octanol–water partition coefficient (Wildman–Crippen LogP) is 2.16. The quantitative estimate of drug-likeness (QED) is 0.638. The van der Waals surface area contributed by atoms with Crippen molar-refractivity contribution in [3.8, 4) is 5.75 Å². The van der Waals surface area contributed by atoms with Crippen molar-refractivity contribution in [3.05, 3.63) is 65.7 Å². The van der Waals surface area contributed by atoms with Crippen LogP contribution in [0.4, 0.5) is 0 Å². The Morgan fingerprint density at radius 3 is 2.61 bits per heavy atom. The van der Waals surface area contributed by atoms with Crippen molar-refractivity contribution in [3.63, 3.8) is 0 Å². The number of phenolic OH excluding ortho intramolecular Hbond substituents is 1. The SMILES string of the molecule is O=C(N/N=C/c1cccc(O)c1)c1ccccc1. The molecule has 0 aliphatic heterocycles. The number of amides is 1. The van der Waals surface area contributed by atoms with E-state index in [0.717, 1.165) is 0 Å². The first kappa shape index (κ1) is 11.9. The smallest absolute Gasteiger partial charge is 0.271 e. The third-order valence-corrected chi connectivity index (χ3v) is 2.29. The molecule has 0 bridgehead atoms. The highest BCUT2D eigenvalue weighted by Gasteiger charge is 2.01. The van der Waals surface area contributed by atoms with Crippen LogP contribution in [0.15, 0.2) is 59.7 Å². The van der Waals surface area contributed by atoms with Gasteiger partial charge in [-0.15, -0.1) is 0 Å². The van der Waals surface area contributed by atoms with E-state index in [1.165, 1.54) is 6.21 Å². The van der Waals surface area contributed by atoms with Crippen LogP contribution in [0.5, 0.6) is 5.75 Å². The van der Waals surface area contributed by atoms with Crippen LogP contribution in [-0.4, -0.2) is 17.2 Å². The van der Waals surface area contributed by atoms with Gasteiger partial charge in [0.1, 0.15) is 5.75 Å². The molecule has 0 saturated carbocycles. The number of nitrogens with one attached hydrogen (secondary N) is 1. The third-order valence-electron chi connectivity index (χ3n) is 2.29. The van der Waals surface area contributed by atoms with Gasteiger partial charge in [-0.2, -0.15) is 5.10 Å². The Morgan fingerprint density at radius 1 is 1.11 bits per heavy atom. The lowest BCUT2D eigenvalue weighted by Gasteiger charge is -1.99. The lowest BCUT2D eigenvalue weighted by Crippen LogP contribution is -2.17. The highest BCUT2D eigenvalue weighted by Crippen LogP contribution is 2.08. The van der Waals surface area contributed by atoms with Gasteiger partial charge >= 0.3 is 0 Å². The number of hydrogen-bond acceptors (Lipinski definition) is 3. The Kier molecular flexibility index (Phi) is 3.71. The fourth-order valence-corrected chi connectivity index (χ4v) is 1.42. The average Bonchev–Trinajstić information content (AvgIpc) is 2.40.